The van der Waals surface area contributed by atoms with Crippen LogP contribution < -0.4 is 0 Å². The van der Waals surface area contributed by atoms with Crippen LogP contribution in [0, 0.1) is 0 Å². The summed E-state index contributed by atoms with van der Waals surface area (Å²) in [5.41, 5.74) is -0.441. The topological polar surface area (TPSA) is 38.8 Å². The predicted octanol–water partition coefficient (Wildman–Crippen LogP) is 2.55. The fraction of sp³-hybridized carbons (Fsp3) is 0.750. The first-order chi connectivity index (χ1) is 7.44. The SMILES string of the molecule is C=COC[C@@H]1CCCN1C(=O)OC(C)(C)C. The quantitative estimate of drug-likeness (QED) is 0.695. The zero-order chi connectivity index (χ0) is 12.2. The maximum Gasteiger partial charge on any atom is 0.410 e. The molecule has 1 aliphatic rings. The Kier molecular flexibility index (Phi) is 4.21. The van der Waals surface area contributed by atoms with Crippen molar-refractivity contribution < 1.29 is 14.3 Å². The summed E-state index contributed by atoms with van der Waals surface area (Å²) in [5, 5.41) is 0. The Hall–Kier alpha value is -1.19. The summed E-state index contributed by atoms with van der Waals surface area (Å²) in [6.45, 7) is 10.4. The molecule has 0 spiro atoms. The first-order valence-corrected chi connectivity index (χ1v) is 5.66. The van der Waals surface area contributed by atoms with E-state index in [0.717, 1.165) is 19.4 Å². The van der Waals surface area contributed by atoms with Crippen LogP contribution >= 0.6 is 0 Å². The summed E-state index contributed by atoms with van der Waals surface area (Å²) in [5.74, 6) is 0. The van der Waals surface area contributed by atoms with Gasteiger partial charge in [0.2, 0.25) is 0 Å². The van der Waals surface area contributed by atoms with Gasteiger partial charge in [-0.05, 0) is 33.6 Å². The minimum absolute atomic E-state index is 0.118. The highest BCUT2D eigenvalue weighted by Gasteiger charge is 2.32. The van der Waals surface area contributed by atoms with Crippen molar-refractivity contribution >= 4 is 6.09 Å². The van der Waals surface area contributed by atoms with E-state index < -0.39 is 5.60 Å². The van der Waals surface area contributed by atoms with Gasteiger partial charge in [-0.25, -0.2) is 4.79 Å². The first-order valence-electron chi connectivity index (χ1n) is 5.66. The van der Waals surface area contributed by atoms with Gasteiger partial charge in [-0.1, -0.05) is 6.58 Å². The molecule has 1 amide bonds. The number of amides is 1. The summed E-state index contributed by atoms with van der Waals surface area (Å²) in [6.07, 6.45) is 3.13. The maximum absolute atomic E-state index is 11.9. The lowest BCUT2D eigenvalue weighted by Gasteiger charge is -2.28. The largest absolute Gasteiger partial charge is 0.500 e. The van der Waals surface area contributed by atoms with Crippen molar-refractivity contribution in [3.63, 3.8) is 0 Å². The van der Waals surface area contributed by atoms with Crippen LogP contribution in [0.1, 0.15) is 33.6 Å². The summed E-state index contributed by atoms with van der Waals surface area (Å²) >= 11 is 0. The Morgan fingerprint density at radius 2 is 2.25 bits per heavy atom. The average molecular weight is 227 g/mol. The van der Waals surface area contributed by atoms with E-state index >= 15 is 0 Å². The number of nitrogens with zero attached hydrogens (tertiary/aromatic N) is 1. The Bertz CT molecular complexity index is 257. The predicted molar refractivity (Wildman–Crippen MR) is 62.1 cm³/mol. The highest BCUT2D eigenvalue weighted by Crippen LogP contribution is 2.20. The molecule has 4 nitrogen and oxygen atoms in total. The van der Waals surface area contributed by atoms with Crippen LogP contribution in [0.25, 0.3) is 0 Å². The second kappa shape index (κ2) is 5.23. The molecule has 1 heterocycles. The lowest BCUT2D eigenvalue weighted by molar-refractivity contribution is 0.0168. The number of carbonyl (C=O) groups excluding carboxylic acids is 1. The van der Waals surface area contributed by atoms with Crippen LogP contribution in [-0.4, -0.2) is 35.8 Å². The van der Waals surface area contributed by atoms with Crippen molar-refractivity contribution in [2.75, 3.05) is 13.2 Å². The van der Waals surface area contributed by atoms with E-state index in [2.05, 4.69) is 6.58 Å². The maximum atomic E-state index is 11.9. The molecule has 16 heavy (non-hydrogen) atoms. The molecular formula is C12H21NO3. The molecule has 4 heteroatoms. The number of likely N-dealkylation sites (tertiary alicyclic amines) is 1. The lowest BCUT2D eigenvalue weighted by atomic mass is 10.2. The van der Waals surface area contributed by atoms with E-state index in [4.69, 9.17) is 9.47 Å². The monoisotopic (exact) mass is 227 g/mol. The summed E-state index contributed by atoms with van der Waals surface area (Å²) in [7, 11) is 0. The van der Waals surface area contributed by atoms with E-state index in [0.29, 0.717) is 6.61 Å². The van der Waals surface area contributed by atoms with Gasteiger partial charge in [0.25, 0.3) is 0 Å². The Morgan fingerprint density at radius 3 is 2.81 bits per heavy atom. The van der Waals surface area contributed by atoms with Crippen molar-refractivity contribution in [1.82, 2.24) is 4.90 Å². The van der Waals surface area contributed by atoms with Crippen molar-refractivity contribution in [3.8, 4) is 0 Å². The third-order valence-electron chi connectivity index (χ3n) is 2.41. The van der Waals surface area contributed by atoms with E-state index in [1.807, 2.05) is 20.8 Å². The molecule has 0 aromatic heterocycles. The van der Waals surface area contributed by atoms with Gasteiger partial charge in [0.1, 0.15) is 12.2 Å². The fourth-order valence-corrected chi connectivity index (χ4v) is 1.75. The molecule has 1 fully saturated rings. The second-order valence-electron chi connectivity index (χ2n) is 4.97. The number of ether oxygens (including phenoxy) is 2. The number of hydrogen-bond donors (Lipinski definition) is 0. The molecule has 1 saturated heterocycles. The lowest BCUT2D eigenvalue weighted by Crippen LogP contribution is -2.41. The fourth-order valence-electron chi connectivity index (χ4n) is 1.75. The van der Waals surface area contributed by atoms with Gasteiger partial charge in [0.05, 0.1) is 12.3 Å². The molecule has 0 aliphatic carbocycles. The summed E-state index contributed by atoms with van der Waals surface area (Å²) < 4.78 is 10.5. The summed E-state index contributed by atoms with van der Waals surface area (Å²) in [4.78, 5) is 13.6. The van der Waals surface area contributed by atoms with Gasteiger partial charge >= 0.3 is 6.09 Å². The minimum Gasteiger partial charge on any atom is -0.500 e. The third-order valence-corrected chi connectivity index (χ3v) is 2.41. The van der Waals surface area contributed by atoms with E-state index in [1.165, 1.54) is 6.26 Å². The Balaban J connectivity index is 2.50. The molecule has 0 bridgehead atoms. The molecule has 0 aromatic carbocycles. The normalized spacial score (nSPS) is 20.7. The van der Waals surface area contributed by atoms with Gasteiger partial charge in [-0.3, -0.25) is 0 Å². The molecule has 0 aromatic rings. The highest BCUT2D eigenvalue weighted by molar-refractivity contribution is 5.68. The molecule has 1 atom stereocenters. The minimum atomic E-state index is -0.441. The van der Waals surface area contributed by atoms with Gasteiger partial charge in [0.15, 0.2) is 0 Å². The highest BCUT2D eigenvalue weighted by atomic mass is 16.6. The standard InChI is InChI=1S/C12H21NO3/c1-5-15-9-10-7-6-8-13(10)11(14)16-12(2,3)4/h5,10H,1,6-9H2,2-4H3/t10-/m0/s1. The molecule has 0 N–H and O–H groups in total. The molecule has 0 saturated carbocycles. The first kappa shape index (κ1) is 12.9. The van der Waals surface area contributed by atoms with Crippen molar-refractivity contribution in [1.29, 1.82) is 0 Å². The number of hydrogen-bond acceptors (Lipinski definition) is 3. The summed E-state index contributed by atoms with van der Waals surface area (Å²) in [6, 6.07) is 0.118. The van der Waals surface area contributed by atoms with Gasteiger partial charge in [0, 0.05) is 6.54 Å². The number of rotatable bonds is 3. The molecule has 0 unspecified atom stereocenters. The van der Waals surface area contributed by atoms with Crippen LogP contribution in [0.3, 0.4) is 0 Å². The van der Waals surface area contributed by atoms with Crippen LogP contribution in [-0.2, 0) is 9.47 Å². The second-order valence-corrected chi connectivity index (χ2v) is 4.97. The van der Waals surface area contributed by atoms with Crippen LogP contribution in [0.4, 0.5) is 4.79 Å². The van der Waals surface area contributed by atoms with E-state index in [-0.39, 0.29) is 12.1 Å². The number of carbonyl (C=O) groups is 1. The zero-order valence-corrected chi connectivity index (χ0v) is 10.4. The molecule has 0 radical (unpaired) electrons. The Morgan fingerprint density at radius 1 is 1.56 bits per heavy atom. The van der Waals surface area contributed by atoms with Gasteiger partial charge in [-0.2, -0.15) is 0 Å². The van der Waals surface area contributed by atoms with Crippen LogP contribution in [0.5, 0.6) is 0 Å². The van der Waals surface area contributed by atoms with Crippen molar-refractivity contribution in [3.05, 3.63) is 12.8 Å². The van der Waals surface area contributed by atoms with E-state index in [1.54, 1.807) is 4.90 Å². The van der Waals surface area contributed by atoms with Crippen LogP contribution in [0.15, 0.2) is 12.8 Å². The third kappa shape index (κ3) is 3.76. The van der Waals surface area contributed by atoms with Crippen LogP contribution in [0.2, 0.25) is 0 Å². The van der Waals surface area contributed by atoms with Gasteiger partial charge < -0.3 is 14.4 Å². The zero-order valence-electron chi connectivity index (χ0n) is 10.4. The molecule has 1 aliphatic heterocycles. The molecule has 1 rings (SSSR count). The molecule has 92 valence electrons. The van der Waals surface area contributed by atoms with Gasteiger partial charge in [-0.15, -0.1) is 0 Å². The molecular weight excluding hydrogens is 206 g/mol. The van der Waals surface area contributed by atoms with E-state index in [9.17, 15) is 4.79 Å². The average Bonchev–Trinajstić information content (AvgIpc) is 2.59. The smallest absolute Gasteiger partial charge is 0.410 e. The Labute approximate surface area is 97.2 Å². The van der Waals surface area contributed by atoms with Crippen molar-refractivity contribution in [2.45, 2.75) is 45.3 Å². The van der Waals surface area contributed by atoms with Crippen molar-refractivity contribution in [2.24, 2.45) is 0 Å².